The molecule has 3 aromatic rings. The Hall–Kier alpha value is -2.94. The van der Waals surface area contributed by atoms with Crippen molar-refractivity contribution in [2.24, 2.45) is 0 Å². The molecule has 0 amide bonds. The Morgan fingerprint density at radius 1 is 1.15 bits per heavy atom. The highest BCUT2D eigenvalue weighted by molar-refractivity contribution is 8.08. The Morgan fingerprint density at radius 3 is 2.55 bits per heavy atom. The molecule has 2 aliphatic heterocycles. The number of thiazole rings is 1. The summed E-state index contributed by atoms with van der Waals surface area (Å²) in [4.78, 5) is 43.2. The van der Waals surface area contributed by atoms with E-state index in [9.17, 15) is 14.4 Å². The second kappa shape index (κ2) is 8.44. The minimum Gasteiger partial charge on any atom is -0.364 e. The van der Waals surface area contributed by atoms with Gasteiger partial charge < -0.3 is 9.64 Å². The average molecular weight is 479 g/mol. The number of fused-ring (bicyclic) bond motifs is 1. The van der Waals surface area contributed by atoms with E-state index in [4.69, 9.17) is 4.74 Å². The third-order valence-electron chi connectivity index (χ3n) is 5.73. The van der Waals surface area contributed by atoms with Gasteiger partial charge in [-0.1, -0.05) is 48.2 Å². The standard InChI is InChI=1S/C25H22N2O4S2/c1-4-27-23(30)22(25-26(3)16-12-14(2)10-11-18(16)32-25)33-24(27)19(21(29)17-13-31-17)20(28)15-8-6-5-7-9-15/h5-12,17H,4,13H2,1-3H3/b24-19-,25-22-. The van der Waals surface area contributed by atoms with Crippen molar-refractivity contribution < 1.29 is 14.3 Å². The zero-order chi connectivity index (χ0) is 23.3. The van der Waals surface area contributed by atoms with Crippen LogP contribution in [0.5, 0.6) is 0 Å². The van der Waals surface area contributed by atoms with Crippen molar-refractivity contribution >= 4 is 51.0 Å². The highest BCUT2D eigenvalue weighted by Gasteiger charge is 2.38. The van der Waals surface area contributed by atoms with E-state index in [1.165, 1.54) is 27.7 Å². The summed E-state index contributed by atoms with van der Waals surface area (Å²) in [6, 6.07) is 14.9. The van der Waals surface area contributed by atoms with Crippen molar-refractivity contribution in [2.75, 3.05) is 18.6 Å². The van der Waals surface area contributed by atoms with Crippen LogP contribution in [-0.4, -0.2) is 35.9 Å². The van der Waals surface area contributed by atoms with Gasteiger partial charge in [0.15, 0.2) is 5.78 Å². The molecule has 33 heavy (non-hydrogen) atoms. The third-order valence-corrected chi connectivity index (χ3v) is 8.29. The van der Waals surface area contributed by atoms with Gasteiger partial charge in [0.1, 0.15) is 25.9 Å². The number of thioether (sulfide) groups is 1. The molecule has 6 nitrogen and oxygen atoms in total. The molecule has 2 aliphatic rings. The third kappa shape index (κ3) is 3.78. The number of nitrogens with zero attached hydrogens (tertiary/aromatic N) is 2. The predicted octanol–water partition coefficient (Wildman–Crippen LogP) is 2.55. The van der Waals surface area contributed by atoms with Gasteiger partial charge in [0, 0.05) is 24.1 Å². The van der Waals surface area contributed by atoms with Crippen LogP contribution < -0.4 is 19.7 Å². The first kappa shape index (κ1) is 21.9. The Balaban J connectivity index is 1.78. The highest BCUT2D eigenvalue weighted by Crippen LogP contribution is 2.45. The maximum Gasteiger partial charge on any atom is 0.271 e. The van der Waals surface area contributed by atoms with E-state index in [0.29, 0.717) is 27.9 Å². The second-order valence-corrected chi connectivity index (χ2v) is 10.0. The van der Waals surface area contributed by atoms with E-state index in [0.717, 1.165) is 21.2 Å². The summed E-state index contributed by atoms with van der Waals surface area (Å²) in [5.74, 6) is -0.752. The van der Waals surface area contributed by atoms with E-state index < -0.39 is 6.10 Å². The summed E-state index contributed by atoms with van der Waals surface area (Å²) in [6.45, 7) is 4.52. The van der Waals surface area contributed by atoms with Crippen LogP contribution in [0.15, 0.2) is 58.2 Å². The number of aryl methyl sites for hydroxylation is 1. The minimum atomic E-state index is -0.623. The zero-order valence-electron chi connectivity index (χ0n) is 18.5. The van der Waals surface area contributed by atoms with Crippen LogP contribution in [0.3, 0.4) is 0 Å². The minimum absolute atomic E-state index is 0.0264. The fraction of sp³-hybridized carbons (Fsp3) is 0.240. The van der Waals surface area contributed by atoms with Crippen LogP contribution in [0.25, 0.3) is 10.6 Å². The van der Waals surface area contributed by atoms with Crippen molar-refractivity contribution in [1.82, 2.24) is 4.57 Å². The number of hydrogen-bond acceptors (Lipinski definition) is 7. The van der Waals surface area contributed by atoms with Crippen molar-refractivity contribution in [2.45, 2.75) is 31.4 Å². The molecule has 2 aromatic carbocycles. The predicted molar refractivity (Wildman–Crippen MR) is 131 cm³/mol. The van der Waals surface area contributed by atoms with Crippen LogP contribution in [0.2, 0.25) is 0 Å². The maximum absolute atomic E-state index is 13.5. The van der Waals surface area contributed by atoms with E-state index in [1.807, 2.05) is 37.9 Å². The molecule has 3 heterocycles. The first-order valence-electron chi connectivity index (χ1n) is 10.7. The lowest BCUT2D eigenvalue weighted by Crippen LogP contribution is -2.35. The summed E-state index contributed by atoms with van der Waals surface area (Å²) >= 11 is 2.74. The molecule has 0 spiro atoms. The Morgan fingerprint density at radius 2 is 1.88 bits per heavy atom. The van der Waals surface area contributed by atoms with Crippen LogP contribution in [-0.2, 0) is 16.1 Å². The number of carbonyl (C=O) groups excluding carboxylic acids is 2. The number of Topliss-reactive ketones (excluding diaryl/α,β-unsaturated/α-hetero) is 2. The lowest BCUT2D eigenvalue weighted by Gasteiger charge is -2.12. The van der Waals surface area contributed by atoms with Crippen LogP contribution in [0, 0.1) is 6.92 Å². The lowest BCUT2D eigenvalue weighted by atomic mass is 9.99. The second-order valence-electron chi connectivity index (χ2n) is 7.98. The topological polar surface area (TPSA) is 71.9 Å². The van der Waals surface area contributed by atoms with E-state index in [2.05, 4.69) is 12.1 Å². The molecule has 0 radical (unpaired) electrons. The molecule has 1 aromatic heterocycles. The maximum atomic E-state index is 13.5. The summed E-state index contributed by atoms with van der Waals surface area (Å²) in [5, 5.41) is 0.806. The molecule has 0 saturated carbocycles. The van der Waals surface area contributed by atoms with Gasteiger partial charge in [-0.15, -0.1) is 11.3 Å². The molecule has 0 N–H and O–H groups in total. The number of anilines is 1. The summed E-state index contributed by atoms with van der Waals surface area (Å²) < 4.78 is 7.66. The fourth-order valence-electron chi connectivity index (χ4n) is 3.88. The Bertz CT molecular complexity index is 1470. The molecule has 1 unspecified atom stereocenters. The first-order valence-corrected chi connectivity index (χ1v) is 12.3. The van der Waals surface area contributed by atoms with Crippen molar-refractivity contribution in [3.63, 3.8) is 0 Å². The largest absolute Gasteiger partial charge is 0.364 e. The lowest BCUT2D eigenvalue weighted by molar-refractivity contribution is -0.114. The van der Waals surface area contributed by atoms with Gasteiger partial charge in [-0.05, 0) is 31.5 Å². The monoisotopic (exact) mass is 478 g/mol. The number of benzene rings is 2. The molecule has 0 bridgehead atoms. The zero-order valence-corrected chi connectivity index (χ0v) is 20.1. The number of rotatable bonds is 5. The van der Waals surface area contributed by atoms with E-state index in [1.54, 1.807) is 24.3 Å². The molecule has 168 valence electrons. The van der Waals surface area contributed by atoms with Gasteiger partial charge in [0.25, 0.3) is 5.56 Å². The average Bonchev–Trinajstić information content (AvgIpc) is 3.56. The molecule has 0 aliphatic carbocycles. The molecule has 1 atom stereocenters. The molecular formula is C25H22N2O4S2. The molecule has 1 fully saturated rings. The van der Waals surface area contributed by atoms with Gasteiger partial charge in [0.2, 0.25) is 5.78 Å². The van der Waals surface area contributed by atoms with Gasteiger partial charge in [-0.25, -0.2) is 0 Å². The molecule has 8 heteroatoms. The fourth-order valence-corrected chi connectivity index (χ4v) is 6.43. The molecule has 1 saturated heterocycles. The molecule has 5 rings (SSSR count). The number of aromatic nitrogens is 1. The summed E-state index contributed by atoms with van der Waals surface area (Å²) in [6.07, 6.45) is -0.623. The smallest absolute Gasteiger partial charge is 0.271 e. The van der Waals surface area contributed by atoms with Crippen molar-refractivity contribution in [3.8, 4) is 0 Å². The van der Waals surface area contributed by atoms with Gasteiger partial charge in [-0.3, -0.25) is 19.0 Å². The van der Waals surface area contributed by atoms with Crippen LogP contribution in [0.4, 0.5) is 5.69 Å². The van der Waals surface area contributed by atoms with Gasteiger partial charge in [-0.2, -0.15) is 0 Å². The first-order chi connectivity index (χ1) is 15.9. The Labute approximate surface area is 198 Å². The van der Waals surface area contributed by atoms with Gasteiger partial charge in [0.05, 0.1) is 12.3 Å². The quantitative estimate of drug-likeness (QED) is 0.319. The van der Waals surface area contributed by atoms with Crippen molar-refractivity contribution in [3.05, 3.63) is 79.2 Å². The summed E-state index contributed by atoms with van der Waals surface area (Å²) in [7, 11) is 1.94. The SMILES string of the molecule is CCn1c(=O)/c(=C2/Sc3ccc(C)cc3N2C)s/c1=C(/C(=O)c1ccccc1)C(=O)C1CO1. The van der Waals surface area contributed by atoms with E-state index >= 15 is 0 Å². The number of hydrogen-bond donors (Lipinski definition) is 0. The van der Waals surface area contributed by atoms with Crippen LogP contribution >= 0.6 is 23.1 Å². The Kier molecular flexibility index (Phi) is 5.60. The highest BCUT2D eigenvalue weighted by atomic mass is 32.2. The van der Waals surface area contributed by atoms with Crippen LogP contribution in [0.1, 0.15) is 22.8 Å². The molecular weight excluding hydrogens is 456 g/mol. The number of carbonyl (C=O) groups is 2. The number of ether oxygens (including phenoxy) is 1. The van der Waals surface area contributed by atoms with Gasteiger partial charge >= 0.3 is 0 Å². The number of epoxide rings is 1. The normalized spacial score (nSPS) is 19.4. The number of ketones is 2. The summed E-state index contributed by atoms with van der Waals surface area (Å²) in [5.41, 5.74) is 2.42. The van der Waals surface area contributed by atoms with Crippen molar-refractivity contribution in [1.29, 1.82) is 0 Å². The van der Waals surface area contributed by atoms with E-state index in [-0.39, 0.29) is 22.7 Å².